The van der Waals surface area contributed by atoms with E-state index >= 15 is 0 Å². The fraction of sp³-hybridized carbons (Fsp3) is 0.250. The molecule has 0 unspecified atom stereocenters. The molecule has 1 aliphatic rings. The third-order valence-electron chi connectivity index (χ3n) is 4.23. The molecule has 0 saturated heterocycles. The maximum Gasteiger partial charge on any atom is 0.224 e. The van der Waals surface area contributed by atoms with Gasteiger partial charge in [0.15, 0.2) is 0 Å². The van der Waals surface area contributed by atoms with E-state index < -0.39 is 0 Å². The summed E-state index contributed by atoms with van der Waals surface area (Å²) in [5, 5.41) is 7.30. The molecular formula is C20H22N4O. The first kappa shape index (κ1) is 16.9. The normalized spacial score (nSPS) is 16.6. The molecule has 0 bridgehead atoms. The van der Waals surface area contributed by atoms with Gasteiger partial charge in [0, 0.05) is 24.1 Å². The predicted molar refractivity (Wildman–Crippen MR) is 100.0 cm³/mol. The second kappa shape index (κ2) is 6.89. The average molecular weight is 334 g/mol. The Hall–Kier alpha value is -2.95. The van der Waals surface area contributed by atoms with Crippen molar-refractivity contribution < 1.29 is 4.79 Å². The Morgan fingerprint density at radius 1 is 1.12 bits per heavy atom. The lowest BCUT2D eigenvalue weighted by atomic mass is 9.95. The standard InChI is InChI=1S/C20H22N4O/c1-13(2)22-19-16-9-5-4-8-15(16)12-24(14(3)25)18-11-7-6-10-17(18)20(19)23-21/h4-11,13,21-22H,12H2,1-3H3/b20-19-,23-21?. The summed E-state index contributed by atoms with van der Waals surface area (Å²) in [6, 6.07) is 15.8. The number of nitrogens with one attached hydrogen (secondary N) is 2. The van der Waals surface area contributed by atoms with Gasteiger partial charge in [0.1, 0.15) is 5.70 Å². The van der Waals surface area contributed by atoms with E-state index in [0.717, 1.165) is 28.1 Å². The zero-order chi connectivity index (χ0) is 18.0. The van der Waals surface area contributed by atoms with Crippen LogP contribution in [0.5, 0.6) is 0 Å². The van der Waals surface area contributed by atoms with Crippen LogP contribution in [0.25, 0.3) is 11.4 Å². The number of hydrogen-bond acceptors (Lipinski definition) is 4. The van der Waals surface area contributed by atoms with Crippen molar-refractivity contribution in [3.63, 3.8) is 0 Å². The SMILES string of the molecule is CC(=O)N1Cc2ccccc2/C(NC(C)C)=C(/N=N)c2ccccc21. The number of fused-ring (bicyclic) bond motifs is 2. The van der Waals surface area contributed by atoms with Crippen LogP contribution >= 0.6 is 0 Å². The molecule has 0 aliphatic carbocycles. The van der Waals surface area contributed by atoms with Crippen LogP contribution in [-0.4, -0.2) is 11.9 Å². The van der Waals surface area contributed by atoms with Gasteiger partial charge in [-0.3, -0.25) is 4.79 Å². The number of amides is 1. The fourth-order valence-electron chi connectivity index (χ4n) is 3.16. The average Bonchev–Trinajstić information content (AvgIpc) is 2.58. The number of anilines is 1. The molecule has 0 spiro atoms. The van der Waals surface area contributed by atoms with Crippen LogP contribution in [0.4, 0.5) is 5.69 Å². The van der Waals surface area contributed by atoms with E-state index in [1.165, 1.54) is 0 Å². The lowest BCUT2D eigenvalue weighted by Gasteiger charge is -2.29. The summed E-state index contributed by atoms with van der Waals surface area (Å²) >= 11 is 0. The molecule has 1 amide bonds. The topological polar surface area (TPSA) is 68.6 Å². The van der Waals surface area contributed by atoms with E-state index in [1.54, 1.807) is 11.8 Å². The molecule has 5 heteroatoms. The van der Waals surface area contributed by atoms with E-state index in [2.05, 4.69) is 24.3 Å². The Kier molecular flexibility index (Phi) is 4.65. The number of carbonyl (C=O) groups excluding carboxylic acids is 1. The summed E-state index contributed by atoms with van der Waals surface area (Å²) in [6.07, 6.45) is 0. The number of hydrogen-bond donors (Lipinski definition) is 2. The second-order valence-electron chi connectivity index (χ2n) is 6.41. The van der Waals surface area contributed by atoms with Crippen molar-refractivity contribution in [1.29, 1.82) is 5.53 Å². The Labute approximate surface area is 147 Å². The largest absolute Gasteiger partial charge is 0.381 e. The van der Waals surface area contributed by atoms with Crippen LogP contribution in [0, 0.1) is 5.53 Å². The highest BCUT2D eigenvalue weighted by Gasteiger charge is 2.25. The molecule has 3 rings (SSSR count). The zero-order valence-corrected chi connectivity index (χ0v) is 14.7. The highest BCUT2D eigenvalue weighted by atomic mass is 16.2. The van der Waals surface area contributed by atoms with Gasteiger partial charge in [-0.05, 0) is 25.5 Å². The summed E-state index contributed by atoms with van der Waals surface area (Å²) in [5.41, 5.74) is 12.7. The van der Waals surface area contributed by atoms with Crippen molar-refractivity contribution >= 4 is 23.0 Å². The van der Waals surface area contributed by atoms with Crippen molar-refractivity contribution in [3.8, 4) is 0 Å². The Bertz CT molecular complexity index is 854. The third kappa shape index (κ3) is 3.18. The second-order valence-corrected chi connectivity index (χ2v) is 6.41. The molecule has 2 aromatic rings. The lowest BCUT2D eigenvalue weighted by molar-refractivity contribution is -0.116. The Balaban J connectivity index is 2.38. The van der Waals surface area contributed by atoms with E-state index in [1.807, 2.05) is 48.5 Å². The quantitative estimate of drug-likeness (QED) is 0.817. The molecule has 2 aromatic carbocycles. The minimum Gasteiger partial charge on any atom is -0.381 e. The van der Waals surface area contributed by atoms with Crippen LogP contribution in [0.2, 0.25) is 0 Å². The van der Waals surface area contributed by atoms with Crippen LogP contribution in [-0.2, 0) is 11.3 Å². The van der Waals surface area contributed by atoms with Crippen LogP contribution < -0.4 is 10.2 Å². The molecule has 25 heavy (non-hydrogen) atoms. The summed E-state index contributed by atoms with van der Waals surface area (Å²) in [4.78, 5) is 14.0. The highest BCUT2D eigenvalue weighted by Crippen LogP contribution is 2.37. The first-order valence-electron chi connectivity index (χ1n) is 8.37. The number of carbonyl (C=O) groups is 1. The van der Waals surface area contributed by atoms with Crippen molar-refractivity contribution in [2.45, 2.75) is 33.4 Å². The smallest absolute Gasteiger partial charge is 0.224 e. The van der Waals surface area contributed by atoms with E-state index in [0.29, 0.717) is 12.2 Å². The van der Waals surface area contributed by atoms with Gasteiger partial charge >= 0.3 is 0 Å². The maximum absolute atomic E-state index is 12.3. The minimum atomic E-state index is -0.0353. The van der Waals surface area contributed by atoms with Gasteiger partial charge in [-0.1, -0.05) is 42.5 Å². The van der Waals surface area contributed by atoms with Gasteiger partial charge < -0.3 is 10.2 Å². The first-order valence-corrected chi connectivity index (χ1v) is 8.37. The summed E-state index contributed by atoms with van der Waals surface area (Å²) in [7, 11) is 0. The van der Waals surface area contributed by atoms with Gasteiger partial charge in [-0.2, -0.15) is 5.11 Å². The molecule has 0 atom stereocenters. The molecular weight excluding hydrogens is 312 g/mol. The van der Waals surface area contributed by atoms with E-state index in [9.17, 15) is 4.79 Å². The summed E-state index contributed by atoms with van der Waals surface area (Å²) < 4.78 is 0. The molecule has 5 nitrogen and oxygen atoms in total. The third-order valence-corrected chi connectivity index (χ3v) is 4.23. The molecule has 0 fully saturated rings. The molecule has 1 aliphatic heterocycles. The number of para-hydroxylation sites is 1. The molecule has 0 radical (unpaired) electrons. The molecule has 128 valence electrons. The Morgan fingerprint density at radius 2 is 1.76 bits per heavy atom. The van der Waals surface area contributed by atoms with Crippen molar-refractivity contribution in [3.05, 3.63) is 65.2 Å². The molecule has 1 heterocycles. The number of benzene rings is 2. The minimum absolute atomic E-state index is 0.0353. The molecule has 0 saturated carbocycles. The summed E-state index contributed by atoms with van der Waals surface area (Å²) in [6.45, 7) is 6.17. The fourth-order valence-corrected chi connectivity index (χ4v) is 3.16. The van der Waals surface area contributed by atoms with Crippen molar-refractivity contribution in [2.75, 3.05) is 4.90 Å². The number of rotatable bonds is 3. The van der Waals surface area contributed by atoms with Gasteiger partial charge in [0.05, 0.1) is 17.9 Å². The number of nitrogens with zero attached hydrogens (tertiary/aromatic N) is 2. The van der Waals surface area contributed by atoms with Gasteiger partial charge in [-0.15, -0.1) is 0 Å². The highest BCUT2D eigenvalue weighted by molar-refractivity contribution is 6.00. The molecule has 0 aromatic heterocycles. The van der Waals surface area contributed by atoms with E-state index in [4.69, 9.17) is 5.53 Å². The maximum atomic E-state index is 12.3. The monoisotopic (exact) mass is 334 g/mol. The van der Waals surface area contributed by atoms with Crippen LogP contribution in [0.15, 0.2) is 53.6 Å². The summed E-state index contributed by atoms with van der Waals surface area (Å²) in [5.74, 6) is -0.0353. The van der Waals surface area contributed by atoms with Crippen LogP contribution in [0.1, 0.15) is 37.5 Å². The van der Waals surface area contributed by atoms with Gasteiger partial charge in [0.25, 0.3) is 0 Å². The van der Waals surface area contributed by atoms with E-state index in [-0.39, 0.29) is 11.9 Å². The molecule has 2 N–H and O–H groups in total. The van der Waals surface area contributed by atoms with Crippen LogP contribution in [0.3, 0.4) is 0 Å². The van der Waals surface area contributed by atoms with Gasteiger partial charge in [0.2, 0.25) is 5.91 Å². The Morgan fingerprint density at radius 3 is 2.40 bits per heavy atom. The van der Waals surface area contributed by atoms with Crippen molar-refractivity contribution in [2.24, 2.45) is 5.11 Å². The lowest BCUT2D eigenvalue weighted by Crippen LogP contribution is -2.31. The van der Waals surface area contributed by atoms with Gasteiger partial charge in [-0.25, -0.2) is 5.53 Å². The zero-order valence-electron chi connectivity index (χ0n) is 14.7. The predicted octanol–water partition coefficient (Wildman–Crippen LogP) is 4.41. The first-order chi connectivity index (χ1) is 12.0. The van der Waals surface area contributed by atoms with Crippen molar-refractivity contribution in [1.82, 2.24) is 5.32 Å².